The lowest BCUT2D eigenvalue weighted by atomic mass is 10.0. The van der Waals surface area contributed by atoms with Gasteiger partial charge in [0.1, 0.15) is 6.10 Å². The average molecular weight is 239 g/mol. The highest BCUT2D eigenvalue weighted by Gasteiger charge is 2.20. The first-order valence-electron chi connectivity index (χ1n) is 6.31. The van der Waals surface area contributed by atoms with Crippen molar-refractivity contribution in [2.24, 2.45) is 0 Å². The van der Waals surface area contributed by atoms with Gasteiger partial charge in [-0.1, -0.05) is 32.4 Å². The number of hydrogen-bond acceptors (Lipinski definition) is 2. The van der Waals surface area contributed by atoms with Gasteiger partial charge in [0.25, 0.3) is 0 Å². The number of likely N-dealkylation sites (N-methyl/N-ethyl adjacent to an activating group) is 1. The first-order chi connectivity index (χ1) is 8.22. The third-order valence-corrected chi connectivity index (χ3v) is 2.94. The summed E-state index contributed by atoms with van der Waals surface area (Å²) in [6.45, 7) is 4.20. The summed E-state index contributed by atoms with van der Waals surface area (Å²) >= 11 is 0. The third kappa shape index (κ3) is 4.00. The number of ether oxygens (including phenoxy) is 1. The Morgan fingerprint density at radius 3 is 2.53 bits per heavy atom. The molecule has 1 N–H and O–H groups in total. The van der Waals surface area contributed by atoms with Crippen LogP contribution in [0.4, 0.5) is 4.39 Å². The predicted octanol–water partition coefficient (Wildman–Crippen LogP) is 3.37. The first-order valence-corrected chi connectivity index (χ1v) is 6.31. The van der Waals surface area contributed by atoms with E-state index < -0.39 is 0 Å². The van der Waals surface area contributed by atoms with Crippen LogP contribution in [0.15, 0.2) is 24.3 Å². The molecule has 0 spiro atoms. The van der Waals surface area contributed by atoms with Crippen LogP contribution in [0.25, 0.3) is 0 Å². The maximum absolute atomic E-state index is 13.5. The first kappa shape index (κ1) is 14.0. The van der Waals surface area contributed by atoms with Gasteiger partial charge in [-0.05, 0) is 32.0 Å². The van der Waals surface area contributed by atoms with Gasteiger partial charge in [-0.25, -0.2) is 4.39 Å². The Morgan fingerprint density at radius 1 is 1.29 bits per heavy atom. The van der Waals surface area contributed by atoms with E-state index in [1.807, 2.05) is 7.05 Å². The number of halogens is 1. The molecule has 0 saturated carbocycles. The fourth-order valence-corrected chi connectivity index (χ4v) is 1.98. The summed E-state index contributed by atoms with van der Waals surface area (Å²) in [5.41, 5.74) is 0. The summed E-state index contributed by atoms with van der Waals surface area (Å²) in [6.07, 6.45) is 2.99. The SMILES string of the molecule is CCCC(NC)C(CC)Oc1ccccc1F. The van der Waals surface area contributed by atoms with Gasteiger partial charge in [0.05, 0.1) is 0 Å². The van der Waals surface area contributed by atoms with Crippen molar-refractivity contribution in [1.82, 2.24) is 5.32 Å². The second-order valence-electron chi connectivity index (χ2n) is 4.18. The summed E-state index contributed by atoms with van der Waals surface area (Å²) in [4.78, 5) is 0. The Hall–Kier alpha value is -1.09. The van der Waals surface area contributed by atoms with Crippen LogP contribution in [-0.2, 0) is 0 Å². The number of nitrogens with one attached hydrogen (secondary N) is 1. The number of hydrogen-bond donors (Lipinski definition) is 1. The van der Waals surface area contributed by atoms with Gasteiger partial charge in [0.2, 0.25) is 0 Å². The summed E-state index contributed by atoms with van der Waals surface area (Å²) in [5, 5.41) is 3.25. The van der Waals surface area contributed by atoms with E-state index in [9.17, 15) is 4.39 Å². The Morgan fingerprint density at radius 2 is 2.00 bits per heavy atom. The average Bonchev–Trinajstić information content (AvgIpc) is 2.35. The van der Waals surface area contributed by atoms with Crippen molar-refractivity contribution in [2.45, 2.75) is 45.3 Å². The van der Waals surface area contributed by atoms with Crippen molar-refractivity contribution < 1.29 is 9.13 Å². The van der Waals surface area contributed by atoms with Gasteiger partial charge < -0.3 is 10.1 Å². The largest absolute Gasteiger partial charge is 0.486 e. The van der Waals surface area contributed by atoms with Crippen LogP contribution in [0.2, 0.25) is 0 Å². The maximum atomic E-state index is 13.5. The molecule has 2 unspecified atom stereocenters. The smallest absolute Gasteiger partial charge is 0.165 e. The zero-order valence-corrected chi connectivity index (χ0v) is 10.9. The van der Waals surface area contributed by atoms with Crippen molar-refractivity contribution in [2.75, 3.05) is 7.05 Å². The fraction of sp³-hybridized carbons (Fsp3) is 0.571. The second kappa shape index (κ2) is 7.28. The molecule has 1 aromatic rings. The van der Waals surface area contributed by atoms with Crippen LogP contribution in [0.5, 0.6) is 5.75 Å². The molecule has 96 valence electrons. The van der Waals surface area contributed by atoms with Gasteiger partial charge >= 0.3 is 0 Å². The standard InChI is InChI=1S/C14H22FNO/c1-4-8-12(16-3)13(5-2)17-14-10-7-6-9-11(14)15/h6-7,9-10,12-13,16H,4-5,8H2,1-3H3. The van der Waals surface area contributed by atoms with Crippen LogP contribution in [-0.4, -0.2) is 19.2 Å². The molecule has 0 fully saturated rings. The van der Waals surface area contributed by atoms with Crippen molar-refractivity contribution in [1.29, 1.82) is 0 Å². The molecule has 1 aromatic carbocycles. The fourth-order valence-electron chi connectivity index (χ4n) is 1.98. The lowest BCUT2D eigenvalue weighted by Crippen LogP contribution is -2.40. The van der Waals surface area contributed by atoms with Gasteiger partial charge in [-0.2, -0.15) is 0 Å². The van der Waals surface area contributed by atoms with Crippen LogP contribution < -0.4 is 10.1 Å². The molecule has 17 heavy (non-hydrogen) atoms. The highest BCUT2D eigenvalue weighted by atomic mass is 19.1. The van der Waals surface area contributed by atoms with Crippen molar-refractivity contribution in [3.05, 3.63) is 30.1 Å². The molecule has 2 nitrogen and oxygen atoms in total. The summed E-state index contributed by atoms with van der Waals surface area (Å²) < 4.78 is 19.3. The summed E-state index contributed by atoms with van der Waals surface area (Å²) in [7, 11) is 1.92. The van der Waals surface area contributed by atoms with Gasteiger partial charge in [0.15, 0.2) is 11.6 Å². The molecule has 1 rings (SSSR count). The van der Waals surface area contributed by atoms with E-state index in [4.69, 9.17) is 4.74 Å². The lowest BCUT2D eigenvalue weighted by Gasteiger charge is -2.26. The minimum absolute atomic E-state index is 0.0110. The minimum atomic E-state index is -0.294. The van der Waals surface area contributed by atoms with Crippen LogP contribution in [0.1, 0.15) is 33.1 Å². The predicted molar refractivity (Wildman–Crippen MR) is 68.9 cm³/mol. The molecule has 0 aliphatic carbocycles. The molecular formula is C14H22FNO. The van der Waals surface area contributed by atoms with E-state index in [1.54, 1.807) is 18.2 Å². The molecule has 0 aliphatic rings. The second-order valence-corrected chi connectivity index (χ2v) is 4.18. The molecular weight excluding hydrogens is 217 g/mol. The normalized spacial score (nSPS) is 14.4. The topological polar surface area (TPSA) is 21.3 Å². The summed E-state index contributed by atoms with van der Waals surface area (Å²) in [5.74, 6) is 0.0491. The highest BCUT2D eigenvalue weighted by molar-refractivity contribution is 5.24. The molecule has 0 saturated heterocycles. The molecule has 0 aromatic heterocycles. The van der Waals surface area contributed by atoms with E-state index in [2.05, 4.69) is 19.2 Å². The molecule has 0 radical (unpaired) electrons. The Bertz CT molecular complexity index is 330. The Balaban J connectivity index is 2.72. The van der Waals surface area contributed by atoms with E-state index in [1.165, 1.54) is 6.07 Å². The van der Waals surface area contributed by atoms with Crippen LogP contribution >= 0.6 is 0 Å². The zero-order valence-electron chi connectivity index (χ0n) is 10.9. The molecule has 0 heterocycles. The van der Waals surface area contributed by atoms with Crippen LogP contribution in [0, 0.1) is 5.82 Å². The van der Waals surface area contributed by atoms with Gasteiger partial charge in [-0.3, -0.25) is 0 Å². The monoisotopic (exact) mass is 239 g/mol. The maximum Gasteiger partial charge on any atom is 0.165 e. The van der Waals surface area contributed by atoms with E-state index in [-0.39, 0.29) is 18.0 Å². The Labute approximate surface area is 103 Å². The highest BCUT2D eigenvalue weighted by Crippen LogP contribution is 2.20. The minimum Gasteiger partial charge on any atom is -0.486 e. The molecule has 0 aliphatic heterocycles. The number of rotatable bonds is 7. The van der Waals surface area contributed by atoms with Crippen LogP contribution in [0.3, 0.4) is 0 Å². The number of benzene rings is 1. The van der Waals surface area contributed by atoms with Crippen molar-refractivity contribution >= 4 is 0 Å². The molecule has 2 atom stereocenters. The zero-order chi connectivity index (χ0) is 12.7. The Kier molecular flexibility index (Phi) is 5.98. The van der Waals surface area contributed by atoms with Gasteiger partial charge in [-0.15, -0.1) is 0 Å². The van der Waals surface area contributed by atoms with Crippen molar-refractivity contribution in [3.8, 4) is 5.75 Å². The van der Waals surface area contributed by atoms with E-state index >= 15 is 0 Å². The third-order valence-electron chi connectivity index (χ3n) is 2.94. The number of para-hydroxylation sites is 1. The van der Waals surface area contributed by atoms with Gasteiger partial charge in [0, 0.05) is 6.04 Å². The molecule has 0 amide bonds. The molecule has 0 bridgehead atoms. The summed E-state index contributed by atoms with van der Waals surface area (Å²) in [6, 6.07) is 6.83. The molecule has 3 heteroatoms. The lowest BCUT2D eigenvalue weighted by molar-refractivity contribution is 0.141. The van der Waals surface area contributed by atoms with E-state index in [0.29, 0.717) is 5.75 Å². The quantitative estimate of drug-likeness (QED) is 0.787. The van der Waals surface area contributed by atoms with E-state index in [0.717, 1.165) is 19.3 Å². The van der Waals surface area contributed by atoms with Crippen molar-refractivity contribution in [3.63, 3.8) is 0 Å².